The Labute approximate surface area is 273 Å². The van der Waals surface area contributed by atoms with Gasteiger partial charge >= 0.3 is 6.18 Å². The molecular formula is C34H45F3N2O8. The van der Waals surface area contributed by atoms with Crippen LogP contribution in [0.5, 0.6) is 5.75 Å². The summed E-state index contributed by atoms with van der Waals surface area (Å²) >= 11 is 0. The topological polar surface area (TPSA) is 105 Å². The molecule has 1 N–H and O–H groups in total. The molecule has 0 radical (unpaired) electrons. The number of methoxy groups -OCH3 is 2. The molecule has 1 unspecified atom stereocenters. The maximum Gasteiger partial charge on any atom is 0.430 e. The second kappa shape index (κ2) is 17.3. The quantitative estimate of drug-likeness (QED) is 0.252. The van der Waals surface area contributed by atoms with Gasteiger partial charge in [0, 0.05) is 51.8 Å². The molecule has 4 rings (SSSR count). The molecule has 260 valence electrons. The van der Waals surface area contributed by atoms with Crippen molar-refractivity contribution in [2.75, 3.05) is 86.7 Å². The predicted octanol–water partition coefficient (Wildman–Crippen LogP) is 4.08. The number of para-hydroxylation sites is 1. The zero-order chi connectivity index (χ0) is 33.8. The number of piperidine rings is 2. The third-order valence-corrected chi connectivity index (χ3v) is 8.94. The van der Waals surface area contributed by atoms with Crippen LogP contribution in [-0.2, 0) is 38.9 Å². The normalized spacial score (nSPS) is 19.3. The van der Waals surface area contributed by atoms with Crippen molar-refractivity contribution in [2.45, 2.75) is 37.0 Å². The summed E-state index contributed by atoms with van der Waals surface area (Å²) in [4.78, 5) is 27.6. The lowest BCUT2D eigenvalue weighted by atomic mass is 9.62. The van der Waals surface area contributed by atoms with Crippen LogP contribution in [0.25, 0.3) is 0 Å². The average Bonchev–Trinajstić information content (AvgIpc) is 3.06. The fourth-order valence-corrected chi connectivity index (χ4v) is 6.48. The van der Waals surface area contributed by atoms with Crippen molar-refractivity contribution in [3.63, 3.8) is 0 Å². The Balaban J connectivity index is 1.37. The summed E-state index contributed by atoms with van der Waals surface area (Å²) in [5.41, 5.74) is -3.08. The maximum absolute atomic E-state index is 14.6. The molecule has 2 aromatic carbocycles. The van der Waals surface area contributed by atoms with Gasteiger partial charge in [-0.3, -0.25) is 9.59 Å². The number of ether oxygens (including phenoxy) is 6. The van der Waals surface area contributed by atoms with E-state index in [9.17, 15) is 22.8 Å². The summed E-state index contributed by atoms with van der Waals surface area (Å²) in [5, 5.41) is 2.96. The molecule has 2 aromatic rings. The highest BCUT2D eigenvalue weighted by molar-refractivity contribution is 5.88. The first-order chi connectivity index (χ1) is 22.7. The second-order valence-corrected chi connectivity index (χ2v) is 11.7. The van der Waals surface area contributed by atoms with Gasteiger partial charge in [-0.2, -0.15) is 13.2 Å². The highest BCUT2D eigenvalue weighted by Gasteiger charge is 2.64. The number of carbonyl (C=O) groups is 2. The first kappa shape index (κ1) is 36.6. The lowest BCUT2D eigenvalue weighted by Crippen LogP contribution is -2.60. The molecule has 2 heterocycles. The summed E-state index contributed by atoms with van der Waals surface area (Å²) < 4.78 is 76.3. The predicted molar refractivity (Wildman–Crippen MR) is 166 cm³/mol. The number of carbonyl (C=O) groups excluding carboxylic acids is 2. The Morgan fingerprint density at radius 1 is 0.851 bits per heavy atom. The molecule has 13 heteroatoms. The van der Waals surface area contributed by atoms with Crippen LogP contribution in [0.1, 0.15) is 36.3 Å². The van der Waals surface area contributed by atoms with Crippen molar-refractivity contribution in [1.82, 2.24) is 10.2 Å². The van der Waals surface area contributed by atoms with E-state index in [-0.39, 0.29) is 36.9 Å². The smallest absolute Gasteiger partial charge is 0.430 e. The first-order valence-corrected chi connectivity index (χ1v) is 15.9. The van der Waals surface area contributed by atoms with Crippen LogP contribution < -0.4 is 10.1 Å². The zero-order valence-corrected chi connectivity index (χ0v) is 27.0. The first-order valence-electron chi connectivity index (χ1n) is 15.9. The van der Waals surface area contributed by atoms with Crippen molar-refractivity contribution in [2.24, 2.45) is 5.41 Å². The monoisotopic (exact) mass is 666 g/mol. The van der Waals surface area contributed by atoms with Crippen LogP contribution in [0.4, 0.5) is 13.2 Å². The van der Waals surface area contributed by atoms with Crippen LogP contribution in [0.3, 0.4) is 0 Å². The van der Waals surface area contributed by atoms with Gasteiger partial charge in [-0.05, 0) is 29.9 Å². The van der Waals surface area contributed by atoms with Gasteiger partial charge in [0.15, 0.2) is 0 Å². The van der Waals surface area contributed by atoms with Gasteiger partial charge in [0.05, 0.1) is 46.2 Å². The number of halogens is 3. The van der Waals surface area contributed by atoms with Gasteiger partial charge in [0.25, 0.3) is 11.5 Å². The minimum absolute atomic E-state index is 0.0504. The highest BCUT2D eigenvalue weighted by Crippen LogP contribution is 2.52. The number of hydrogen-bond donors (Lipinski definition) is 1. The Morgan fingerprint density at radius 3 is 2.02 bits per heavy atom. The van der Waals surface area contributed by atoms with Crippen LogP contribution >= 0.6 is 0 Å². The maximum atomic E-state index is 14.6. The summed E-state index contributed by atoms with van der Waals surface area (Å²) in [5.74, 6) is -0.797. The molecule has 2 atom stereocenters. The fourth-order valence-electron chi connectivity index (χ4n) is 6.48. The minimum Gasteiger partial charge on any atom is -0.491 e. The molecule has 2 fully saturated rings. The number of hydrogen-bond acceptors (Lipinski definition) is 8. The van der Waals surface area contributed by atoms with Gasteiger partial charge in [0.1, 0.15) is 12.4 Å². The molecule has 2 amide bonds. The van der Waals surface area contributed by atoms with E-state index < -0.39 is 23.1 Å². The van der Waals surface area contributed by atoms with E-state index in [1.165, 1.54) is 29.2 Å². The fraction of sp³-hybridized carbons (Fsp3) is 0.588. The minimum atomic E-state index is -4.99. The van der Waals surface area contributed by atoms with Crippen LogP contribution in [0.15, 0.2) is 54.6 Å². The van der Waals surface area contributed by atoms with Crippen molar-refractivity contribution >= 4 is 11.8 Å². The molecule has 47 heavy (non-hydrogen) atoms. The number of nitrogens with zero attached hydrogens (tertiary/aromatic N) is 1. The Bertz CT molecular complexity index is 1270. The molecular weight excluding hydrogens is 621 g/mol. The van der Waals surface area contributed by atoms with Crippen molar-refractivity contribution in [3.8, 4) is 5.75 Å². The Kier molecular flexibility index (Phi) is 13.4. The number of nitrogens with one attached hydrogen (secondary N) is 1. The third kappa shape index (κ3) is 8.82. The van der Waals surface area contributed by atoms with Crippen molar-refractivity contribution < 1.29 is 51.2 Å². The van der Waals surface area contributed by atoms with Gasteiger partial charge < -0.3 is 38.6 Å². The van der Waals surface area contributed by atoms with E-state index in [1.807, 2.05) is 24.3 Å². The number of rotatable bonds is 17. The van der Waals surface area contributed by atoms with Crippen molar-refractivity contribution in [1.29, 1.82) is 0 Å². The molecule has 2 aliphatic heterocycles. The highest BCUT2D eigenvalue weighted by atomic mass is 19.4. The average molecular weight is 667 g/mol. The van der Waals surface area contributed by atoms with Gasteiger partial charge in [-0.15, -0.1) is 0 Å². The molecule has 0 bridgehead atoms. The molecule has 10 nitrogen and oxygen atoms in total. The van der Waals surface area contributed by atoms with E-state index in [4.69, 9.17) is 28.4 Å². The molecule has 0 aliphatic carbocycles. The lowest BCUT2D eigenvalue weighted by Gasteiger charge is -2.50. The molecule has 2 aliphatic rings. The van der Waals surface area contributed by atoms with E-state index in [2.05, 4.69) is 5.32 Å². The lowest BCUT2D eigenvalue weighted by molar-refractivity contribution is -0.271. The van der Waals surface area contributed by atoms with E-state index >= 15 is 0 Å². The molecule has 2 saturated heterocycles. The summed E-state index contributed by atoms with van der Waals surface area (Å²) in [6, 6.07) is 14.6. The van der Waals surface area contributed by atoms with E-state index in [0.29, 0.717) is 78.0 Å². The second-order valence-electron chi connectivity index (χ2n) is 11.7. The summed E-state index contributed by atoms with van der Waals surface area (Å²) in [7, 11) is 2.52. The third-order valence-electron chi connectivity index (χ3n) is 8.94. The number of alkyl halides is 3. The van der Waals surface area contributed by atoms with E-state index in [0.717, 1.165) is 12.7 Å². The van der Waals surface area contributed by atoms with Gasteiger partial charge in [0.2, 0.25) is 5.91 Å². The summed E-state index contributed by atoms with van der Waals surface area (Å²) in [6.07, 6.45) is -4.10. The van der Waals surface area contributed by atoms with Gasteiger partial charge in [-0.1, -0.05) is 48.5 Å². The molecule has 1 spiro atoms. The van der Waals surface area contributed by atoms with Crippen molar-refractivity contribution in [3.05, 3.63) is 65.7 Å². The Hall–Kier alpha value is -3.23. The van der Waals surface area contributed by atoms with Crippen LogP contribution in [-0.4, -0.2) is 110 Å². The summed E-state index contributed by atoms with van der Waals surface area (Å²) in [6.45, 7) is 3.92. The molecule has 0 aromatic heterocycles. The van der Waals surface area contributed by atoms with Crippen LogP contribution in [0.2, 0.25) is 0 Å². The zero-order valence-electron chi connectivity index (χ0n) is 27.0. The van der Waals surface area contributed by atoms with E-state index in [1.54, 1.807) is 13.2 Å². The van der Waals surface area contributed by atoms with Gasteiger partial charge in [-0.25, -0.2) is 0 Å². The number of amides is 2. The Morgan fingerprint density at radius 2 is 1.43 bits per heavy atom. The standard InChI is InChI=1S/C34H45F3N2O8/c1-42-16-17-44-18-19-45-20-21-46-22-23-47-29-11-7-6-10-27(29)28-25-38-30(40)24-32(28)12-14-39(15-13-32)31(41)33(43-2,34(35,36)37)26-8-4-3-5-9-26/h3-11,28H,12-25H2,1-2H3,(H,38,40)/t28?,33-/m1/s1. The van der Waals surface area contributed by atoms with Crippen LogP contribution in [0, 0.1) is 5.41 Å². The largest absolute Gasteiger partial charge is 0.491 e. The number of benzene rings is 2. The SMILES string of the molecule is COCCOCCOCCOCCOc1ccccc1C1CNC(=O)CC12CCN(C(=O)[C@](OC)(c1ccccc1)C(F)(F)F)CC2. The number of likely N-dealkylation sites (tertiary alicyclic amines) is 1. The molecule has 0 saturated carbocycles.